The summed E-state index contributed by atoms with van der Waals surface area (Å²) in [6.07, 6.45) is 4.69. The minimum Gasteiger partial charge on any atom is -0.322 e. The van der Waals surface area contributed by atoms with Crippen LogP contribution in [0.25, 0.3) is 0 Å². The van der Waals surface area contributed by atoms with Gasteiger partial charge in [0.1, 0.15) is 10.7 Å². The molecule has 0 radical (unpaired) electrons. The number of carbonyl (C=O) groups excluding carboxylic acids is 2. The Morgan fingerprint density at radius 2 is 1.89 bits per heavy atom. The molecule has 0 fully saturated rings. The van der Waals surface area contributed by atoms with E-state index in [9.17, 15) is 9.59 Å². The molecular weight excluding hydrogens is 514 g/mol. The third-order valence-corrected chi connectivity index (χ3v) is 9.05. The zero-order valence-corrected chi connectivity index (χ0v) is 24.0. The number of nitrogens with zero attached hydrogens (tertiary/aromatic N) is 2. The predicted octanol–water partition coefficient (Wildman–Crippen LogP) is 8.07. The van der Waals surface area contributed by atoms with Gasteiger partial charge in [0.2, 0.25) is 0 Å². The van der Waals surface area contributed by atoms with E-state index in [1.807, 2.05) is 29.2 Å². The molecular formula is C31H34ClN3O2S. The molecule has 5 nitrogen and oxygen atoms in total. The Morgan fingerprint density at radius 1 is 1.16 bits per heavy atom. The third-order valence-electron chi connectivity index (χ3n) is 7.65. The van der Waals surface area contributed by atoms with Crippen LogP contribution in [-0.2, 0) is 17.6 Å². The average Bonchev–Trinajstić information content (AvgIpc) is 3.38. The number of halogens is 1. The van der Waals surface area contributed by atoms with Crippen LogP contribution in [0, 0.1) is 11.3 Å². The summed E-state index contributed by atoms with van der Waals surface area (Å²) >= 11 is 7.61. The number of thiophene rings is 1. The number of hydrogen-bond acceptors (Lipinski definition) is 4. The van der Waals surface area contributed by atoms with Gasteiger partial charge in [-0.2, -0.15) is 0 Å². The lowest BCUT2D eigenvalue weighted by Crippen LogP contribution is -2.30. The molecule has 1 aromatic heterocycles. The summed E-state index contributed by atoms with van der Waals surface area (Å²) in [5.74, 6) is 0.238. The number of aliphatic imine (C=N–C) groups is 1. The zero-order valence-electron chi connectivity index (χ0n) is 22.4. The Balaban J connectivity index is 1.58. The lowest BCUT2D eigenvalue weighted by atomic mass is 9.72. The van der Waals surface area contributed by atoms with E-state index in [-0.39, 0.29) is 17.2 Å². The first-order valence-electron chi connectivity index (χ1n) is 13.4. The Morgan fingerprint density at radius 3 is 2.61 bits per heavy atom. The molecule has 5 rings (SSSR count). The summed E-state index contributed by atoms with van der Waals surface area (Å²) < 4.78 is 0. The monoisotopic (exact) mass is 547 g/mol. The summed E-state index contributed by atoms with van der Waals surface area (Å²) in [7, 11) is 0. The van der Waals surface area contributed by atoms with Gasteiger partial charge in [0.15, 0.2) is 0 Å². The zero-order chi connectivity index (χ0) is 27.0. The van der Waals surface area contributed by atoms with Gasteiger partial charge in [-0.3, -0.25) is 9.59 Å². The topological polar surface area (TPSA) is 61.8 Å². The van der Waals surface area contributed by atoms with Gasteiger partial charge in [-0.05, 0) is 72.9 Å². The van der Waals surface area contributed by atoms with Crippen molar-refractivity contribution in [2.45, 2.75) is 59.8 Å². The highest BCUT2D eigenvalue weighted by atomic mass is 35.5. The molecule has 0 saturated carbocycles. The van der Waals surface area contributed by atoms with E-state index in [2.05, 4.69) is 33.0 Å². The molecule has 7 heteroatoms. The fraction of sp³-hybridized carbons (Fsp3) is 0.387. The molecule has 2 aromatic carbocycles. The normalized spacial score (nSPS) is 18.0. The Hall–Kier alpha value is -2.96. The van der Waals surface area contributed by atoms with E-state index >= 15 is 0 Å². The smallest absolute Gasteiger partial charge is 0.277 e. The average molecular weight is 548 g/mol. The van der Waals surface area contributed by atoms with Crippen molar-refractivity contribution in [1.29, 1.82) is 0 Å². The highest BCUT2D eigenvalue weighted by Gasteiger charge is 2.36. The highest BCUT2D eigenvalue weighted by molar-refractivity contribution is 7.16. The van der Waals surface area contributed by atoms with Gasteiger partial charge in [-0.1, -0.05) is 63.9 Å². The van der Waals surface area contributed by atoms with Gasteiger partial charge in [-0.25, -0.2) is 4.99 Å². The lowest BCUT2D eigenvalue weighted by Gasteiger charge is -2.33. The van der Waals surface area contributed by atoms with Crippen LogP contribution in [-0.4, -0.2) is 24.1 Å². The summed E-state index contributed by atoms with van der Waals surface area (Å²) in [4.78, 5) is 35.3. The van der Waals surface area contributed by atoms with Crippen LogP contribution in [0.3, 0.4) is 0 Å². The quantitative estimate of drug-likeness (QED) is 0.339. The number of carbonyl (C=O) groups is 2. The first-order chi connectivity index (χ1) is 18.2. The van der Waals surface area contributed by atoms with Crippen molar-refractivity contribution >= 4 is 56.8 Å². The van der Waals surface area contributed by atoms with Crippen molar-refractivity contribution < 1.29 is 9.59 Å². The number of para-hydroxylation sites is 1. The molecule has 0 saturated heterocycles. The first-order valence-corrected chi connectivity index (χ1v) is 14.6. The summed E-state index contributed by atoms with van der Waals surface area (Å²) in [6.45, 7) is 9.62. The van der Waals surface area contributed by atoms with Crippen molar-refractivity contribution in [2.75, 3.05) is 16.8 Å². The standard InChI is InChI=1S/C31H34ClN3O2S/c1-5-6-17-35-24-10-8-7-9-22(24)27(30(35)37)34-29-26(28(36)33-21-14-12-20(32)13-15-21)23-16-11-19(31(2,3)4)18-25(23)38-29/h7-10,12-15,19H,5-6,11,16-18H2,1-4H3,(H,33,36)/t19-/m1/s1. The minimum atomic E-state index is -0.194. The predicted molar refractivity (Wildman–Crippen MR) is 159 cm³/mol. The minimum absolute atomic E-state index is 0.0948. The van der Waals surface area contributed by atoms with E-state index < -0.39 is 0 Å². The number of unbranched alkanes of at least 4 members (excludes halogenated alkanes) is 1. The maximum absolute atomic E-state index is 13.7. The summed E-state index contributed by atoms with van der Waals surface area (Å²) in [5, 5.41) is 4.27. The number of fused-ring (bicyclic) bond motifs is 2. The van der Waals surface area contributed by atoms with Crippen LogP contribution in [0.5, 0.6) is 0 Å². The van der Waals surface area contributed by atoms with Gasteiger partial charge in [-0.15, -0.1) is 11.3 Å². The van der Waals surface area contributed by atoms with Crippen LogP contribution in [0.15, 0.2) is 53.5 Å². The van der Waals surface area contributed by atoms with E-state index in [4.69, 9.17) is 16.6 Å². The molecule has 1 N–H and O–H groups in total. The maximum atomic E-state index is 13.7. The van der Waals surface area contributed by atoms with Crippen LogP contribution in [0.2, 0.25) is 5.02 Å². The highest BCUT2D eigenvalue weighted by Crippen LogP contribution is 2.46. The van der Waals surface area contributed by atoms with Crippen LogP contribution < -0.4 is 10.2 Å². The summed E-state index contributed by atoms with van der Waals surface area (Å²) in [6, 6.07) is 14.9. The van der Waals surface area contributed by atoms with Gasteiger partial charge >= 0.3 is 0 Å². The molecule has 38 heavy (non-hydrogen) atoms. The molecule has 0 unspecified atom stereocenters. The second kappa shape index (κ2) is 10.7. The molecule has 0 spiro atoms. The van der Waals surface area contributed by atoms with E-state index in [1.165, 1.54) is 4.88 Å². The van der Waals surface area contributed by atoms with Crippen LogP contribution in [0.4, 0.5) is 16.4 Å². The summed E-state index contributed by atoms with van der Waals surface area (Å²) in [5.41, 5.74) is 4.67. The number of anilines is 2. The number of nitrogens with one attached hydrogen (secondary N) is 1. The molecule has 3 aromatic rings. The molecule has 1 aliphatic heterocycles. The second-order valence-corrected chi connectivity index (χ2v) is 12.8. The molecule has 198 valence electrons. The maximum Gasteiger partial charge on any atom is 0.277 e. The Bertz CT molecular complexity index is 1400. The van der Waals surface area contributed by atoms with Crippen LogP contribution >= 0.6 is 22.9 Å². The molecule has 2 aliphatic rings. The van der Waals surface area contributed by atoms with Gasteiger partial charge in [0, 0.05) is 27.7 Å². The Labute approximate surface area is 233 Å². The first kappa shape index (κ1) is 26.6. The molecule has 2 heterocycles. The molecule has 1 atom stereocenters. The second-order valence-electron chi connectivity index (χ2n) is 11.2. The molecule has 1 aliphatic carbocycles. The van der Waals surface area contributed by atoms with E-state index in [0.717, 1.165) is 48.9 Å². The van der Waals surface area contributed by atoms with Crippen molar-refractivity contribution in [3.63, 3.8) is 0 Å². The van der Waals surface area contributed by atoms with Crippen LogP contribution in [0.1, 0.15) is 73.3 Å². The molecule has 2 amide bonds. The van der Waals surface area contributed by atoms with Crippen molar-refractivity contribution in [3.8, 4) is 0 Å². The third kappa shape index (κ3) is 5.16. The van der Waals surface area contributed by atoms with E-state index in [0.29, 0.717) is 39.4 Å². The fourth-order valence-corrected chi connectivity index (χ4v) is 6.79. The lowest BCUT2D eigenvalue weighted by molar-refractivity contribution is -0.112. The van der Waals surface area contributed by atoms with Crippen molar-refractivity contribution in [1.82, 2.24) is 0 Å². The van der Waals surface area contributed by atoms with E-state index in [1.54, 1.807) is 35.6 Å². The number of rotatable bonds is 6. The van der Waals surface area contributed by atoms with Gasteiger partial charge < -0.3 is 10.2 Å². The van der Waals surface area contributed by atoms with Gasteiger partial charge in [0.05, 0.1) is 11.3 Å². The SMILES string of the molecule is CCCCN1C(=O)C(=Nc2sc3c(c2C(=O)Nc2ccc(Cl)cc2)CC[C@@H](C(C)(C)C)C3)c2ccccc21. The van der Waals surface area contributed by atoms with Crippen molar-refractivity contribution in [3.05, 3.63) is 75.1 Å². The Kier molecular flexibility index (Phi) is 7.47. The largest absolute Gasteiger partial charge is 0.322 e. The number of hydrogen-bond donors (Lipinski definition) is 1. The fourth-order valence-electron chi connectivity index (χ4n) is 5.36. The molecule has 0 bridgehead atoms. The van der Waals surface area contributed by atoms with Crippen molar-refractivity contribution in [2.24, 2.45) is 16.3 Å². The van der Waals surface area contributed by atoms with Gasteiger partial charge in [0.25, 0.3) is 11.8 Å². The number of amides is 2. The number of benzene rings is 2.